The minimum Gasteiger partial charge on any atom is -0.481 e. The molecule has 4 heteroatoms. The normalized spacial score (nSPS) is 17.9. The number of rotatable bonds is 4. The van der Waals surface area contributed by atoms with Gasteiger partial charge >= 0.3 is 0 Å². The van der Waals surface area contributed by atoms with Crippen LogP contribution in [0.2, 0.25) is 0 Å². The van der Waals surface area contributed by atoms with Crippen molar-refractivity contribution in [1.29, 1.82) is 0 Å². The summed E-state index contributed by atoms with van der Waals surface area (Å²) in [5.74, 6) is 0.00221. The van der Waals surface area contributed by atoms with E-state index in [4.69, 9.17) is 4.74 Å². The molecule has 0 radical (unpaired) electrons. The second kappa shape index (κ2) is 6.82. The summed E-state index contributed by atoms with van der Waals surface area (Å²) in [7, 11) is 0. The van der Waals surface area contributed by atoms with Gasteiger partial charge in [-0.3, -0.25) is 4.79 Å². The molecule has 0 saturated heterocycles. The Bertz CT molecular complexity index is 684. The zero-order chi connectivity index (χ0) is 16.2. The van der Waals surface area contributed by atoms with Crippen molar-refractivity contribution in [2.45, 2.75) is 38.3 Å². The van der Waals surface area contributed by atoms with Gasteiger partial charge in [0.25, 0.3) is 5.91 Å². The Morgan fingerprint density at radius 2 is 1.96 bits per heavy atom. The van der Waals surface area contributed by atoms with Crippen LogP contribution in [0.4, 0.5) is 4.39 Å². The summed E-state index contributed by atoms with van der Waals surface area (Å²) in [6.45, 7) is 1.70. The van der Waals surface area contributed by atoms with E-state index in [9.17, 15) is 9.18 Å². The highest BCUT2D eigenvalue weighted by molar-refractivity contribution is 5.81. The monoisotopic (exact) mass is 313 g/mol. The Morgan fingerprint density at radius 3 is 2.74 bits per heavy atom. The van der Waals surface area contributed by atoms with Crippen molar-refractivity contribution in [3.63, 3.8) is 0 Å². The molecule has 2 atom stereocenters. The third-order valence-electron chi connectivity index (χ3n) is 4.18. The summed E-state index contributed by atoms with van der Waals surface area (Å²) in [5, 5.41) is 3.07. The quantitative estimate of drug-likeness (QED) is 0.932. The number of halogens is 1. The van der Waals surface area contributed by atoms with Gasteiger partial charge in [0.1, 0.15) is 11.6 Å². The Hall–Kier alpha value is -2.36. The Balaban J connectivity index is 1.64. The summed E-state index contributed by atoms with van der Waals surface area (Å²) in [5.41, 5.74) is 2.50. The minimum atomic E-state index is -0.630. The lowest BCUT2D eigenvalue weighted by atomic mass is 9.87. The van der Waals surface area contributed by atoms with Gasteiger partial charge in [0, 0.05) is 0 Å². The molecule has 3 rings (SSSR count). The van der Waals surface area contributed by atoms with Crippen molar-refractivity contribution in [2.75, 3.05) is 0 Å². The van der Waals surface area contributed by atoms with Crippen LogP contribution in [-0.2, 0) is 11.2 Å². The fraction of sp³-hybridized carbons (Fsp3) is 0.316. The molecule has 0 aliphatic heterocycles. The zero-order valence-corrected chi connectivity index (χ0v) is 13.1. The average molecular weight is 313 g/mol. The summed E-state index contributed by atoms with van der Waals surface area (Å²) >= 11 is 0. The van der Waals surface area contributed by atoms with E-state index in [0.29, 0.717) is 5.75 Å². The molecule has 0 heterocycles. The largest absolute Gasteiger partial charge is 0.481 e. The van der Waals surface area contributed by atoms with E-state index in [1.165, 1.54) is 35.4 Å². The highest BCUT2D eigenvalue weighted by atomic mass is 19.1. The molecule has 0 spiro atoms. The van der Waals surface area contributed by atoms with Gasteiger partial charge < -0.3 is 10.1 Å². The van der Waals surface area contributed by atoms with Crippen LogP contribution < -0.4 is 10.1 Å². The SMILES string of the molecule is C[C@H](Oc1ccc(F)cc1)C(=O)N[C@@H]1CCCc2ccccc21. The molecule has 2 aromatic carbocycles. The third kappa shape index (κ3) is 3.70. The van der Waals surface area contributed by atoms with Gasteiger partial charge in [-0.1, -0.05) is 24.3 Å². The maximum atomic E-state index is 12.9. The molecule has 0 fully saturated rings. The van der Waals surface area contributed by atoms with Crippen LogP contribution in [0.3, 0.4) is 0 Å². The van der Waals surface area contributed by atoms with E-state index in [1.54, 1.807) is 6.92 Å². The zero-order valence-electron chi connectivity index (χ0n) is 13.1. The van der Waals surface area contributed by atoms with Gasteiger partial charge in [0.05, 0.1) is 6.04 Å². The highest BCUT2D eigenvalue weighted by Gasteiger charge is 2.24. The van der Waals surface area contributed by atoms with Crippen molar-refractivity contribution in [1.82, 2.24) is 5.32 Å². The third-order valence-corrected chi connectivity index (χ3v) is 4.18. The number of hydrogen-bond acceptors (Lipinski definition) is 2. The second-order valence-corrected chi connectivity index (χ2v) is 5.87. The number of aryl methyl sites for hydroxylation is 1. The molecule has 120 valence electrons. The van der Waals surface area contributed by atoms with Crippen LogP contribution in [0.25, 0.3) is 0 Å². The average Bonchev–Trinajstić information content (AvgIpc) is 2.57. The number of ether oxygens (including phenoxy) is 1. The first-order valence-corrected chi connectivity index (χ1v) is 7.94. The Labute approximate surface area is 135 Å². The molecular weight excluding hydrogens is 293 g/mol. The molecule has 0 saturated carbocycles. The number of carbonyl (C=O) groups is 1. The lowest BCUT2D eigenvalue weighted by Crippen LogP contribution is -2.39. The first-order chi connectivity index (χ1) is 11.1. The van der Waals surface area contributed by atoms with Crippen molar-refractivity contribution < 1.29 is 13.9 Å². The summed E-state index contributed by atoms with van der Waals surface area (Å²) in [6, 6.07) is 13.9. The first kappa shape index (κ1) is 15.5. The summed E-state index contributed by atoms with van der Waals surface area (Å²) < 4.78 is 18.5. The van der Waals surface area contributed by atoms with Gasteiger partial charge in [-0.05, 0) is 61.6 Å². The van der Waals surface area contributed by atoms with Crippen molar-refractivity contribution in [3.05, 3.63) is 65.5 Å². The van der Waals surface area contributed by atoms with Gasteiger partial charge in [0.2, 0.25) is 0 Å². The van der Waals surface area contributed by atoms with E-state index in [0.717, 1.165) is 19.3 Å². The number of carbonyl (C=O) groups excluding carboxylic acids is 1. The van der Waals surface area contributed by atoms with E-state index >= 15 is 0 Å². The molecule has 1 aliphatic rings. The predicted octanol–water partition coefficient (Wildman–Crippen LogP) is 3.79. The molecule has 0 bridgehead atoms. The smallest absolute Gasteiger partial charge is 0.261 e. The highest BCUT2D eigenvalue weighted by Crippen LogP contribution is 2.29. The van der Waals surface area contributed by atoms with Crippen molar-refractivity contribution in [2.24, 2.45) is 0 Å². The fourth-order valence-electron chi connectivity index (χ4n) is 2.96. The minimum absolute atomic E-state index is 0.0340. The topological polar surface area (TPSA) is 38.3 Å². The second-order valence-electron chi connectivity index (χ2n) is 5.87. The van der Waals surface area contributed by atoms with Gasteiger partial charge in [-0.15, -0.1) is 0 Å². The molecule has 23 heavy (non-hydrogen) atoms. The van der Waals surface area contributed by atoms with Gasteiger partial charge in [-0.25, -0.2) is 4.39 Å². The molecule has 1 amide bonds. The fourth-order valence-corrected chi connectivity index (χ4v) is 2.96. The maximum absolute atomic E-state index is 12.9. The standard InChI is InChI=1S/C19H20FNO2/c1-13(23-16-11-9-15(20)10-12-16)19(22)21-18-8-4-6-14-5-2-3-7-17(14)18/h2-3,5,7,9-13,18H,4,6,8H2,1H3,(H,21,22)/t13-,18+/m0/s1. The summed E-state index contributed by atoms with van der Waals surface area (Å²) in [6.07, 6.45) is 2.43. The van der Waals surface area contributed by atoms with Crippen LogP contribution in [0.1, 0.15) is 36.9 Å². The van der Waals surface area contributed by atoms with Gasteiger partial charge in [-0.2, -0.15) is 0 Å². The van der Waals surface area contributed by atoms with Crippen LogP contribution in [0.5, 0.6) is 5.75 Å². The number of amides is 1. The molecule has 3 nitrogen and oxygen atoms in total. The number of fused-ring (bicyclic) bond motifs is 1. The van der Waals surface area contributed by atoms with Crippen molar-refractivity contribution >= 4 is 5.91 Å². The maximum Gasteiger partial charge on any atom is 0.261 e. The van der Waals surface area contributed by atoms with Crippen LogP contribution >= 0.6 is 0 Å². The Morgan fingerprint density at radius 1 is 1.22 bits per heavy atom. The Kier molecular flexibility index (Phi) is 4.60. The molecule has 0 aromatic heterocycles. The molecule has 1 aliphatic carbocycles. The van der Waals surface area contributed by atoms with Crippen molar-refractivity contribution in [3.8, 4) is 5.75 Å². The van der Waals surface area contributed by atoms with E-state index in [1.807, 2.05) is 12.1 Å². The molecule has 0 unspecified atom stereocenters. The number of hydrogen-bond donors (Lipinski definition) is 1. The first-order valence-electron chi connectivity index (χ1n) is 7.94. The molecular formula is C19H20FNO2. The number of nitrogens with one attached hydrogen (secondary N) is 1. The van der Waals surface area contributed by atoms with Crippen LogP contribution in [0.15, 0.2) is 48.5 Å². The predicted molar refractivity (Wildman–Crippen MR) is 86.8 cm³/mol. The lowest BCUT2D eigenvalue weighted by molar-refractivity contribution is -0.128. The lowest BCUT2D eigenvalue weighted by Gasteiger charge is -2.27. The van der Waals surface area contributed by atoms with E-state index < -0.39 is 6.10 Å². The molecule has 1 N–H and O–H groups in total. The number of benzene rings is 2. The van der Waals surface area contributed by atoms with Crippen LogP contribution in [-0.4, -0.2) is 12.0 Å². The van der Waals surface area contributed by atoms with Gasteiger partial charge in [0.15, 0.2) is 6.10 Å². The van der Waals surface area contributed by atoms with E-state index in [-0.39, 0.29) is 17.8 Å². The van der Waals surface area contributed by atoms with Crippen LogP contribution in [0, 0.1) is 5.82 Å². The van der Waals surface area contributed by atoms with E-state index in [2.05, 4.69) is 17.4 Å². The molecule has 2 aromatic rings. The summed E-state index contributed by atoms with van der Waals surface area (Å²) in [4.78, 5) is 12.4.